The number of ether oxygens (including phenoxy) is 1. The van der Waals surface area contributed by atoms with Crippen LogP contribution in [0.25, 0.3) is 5.76 Å². The molecule has 28 heavy (non-hydrogen) atoms. The summed E-state index contributed by atoms with van der Waals surface area (Å²) in [5, 5.41) is 0.601. The van der Waals surface area contributed by atoms with Crippen LogP contribution in [0.5, 0.6) is 0 Å². The molecule has 2 aliphatic rings. The van der Waals surface area contributed by atoms with Gasteiger partial charge >= 0.3 is 0 Å². The Kier molecular flexibility index (Phi) is 3.92. The van der Waals surface area contributed by atoms with Crippen molar-refractivity contribution in [2.45, 2.75) is 12.0 Å². The zero-order valence-electron chi connectivity index (χ0n) is 14.8. The Balaban J connectivity index is 1.64. The topological polar surface area (TPSA) is 43.4 Å². The van der Waals surface area contributed by atoms with E-state index in [1.54, 1.807) is 30.3 Å². The van der Waals surface area contributed by atoms with Crippen molar-refractivity contribution in [1.82, 2.24) is 0 Å². The molecule has 2 atom stereocenters. The van der Waals surface area contributed by atoms with Gasteiger partial charge < -0.3 is 4.74 Å². The Labute approximate surface area is 167 Å². The van der Waals surface area contributed by atoms with Crippen molar-refractivity contribution in [2.24, 2.45) is 0 Å². The maximum atomic E-state index is 13.3. The minimum absolute atomic E-state index is 0.0751. The van der Waals surface area contributed by atoms with Crippen LogP contribution in [0, 0.1) is 0 Å². The Morgan fingerprint density at radius 3 is 2.18 bits per heavy atom. The smallest absolute Gasteiger partial charge is 0.204 e. The lowest BCUT2D eigenvalue weighted by atomic mass is 9.83. The molecule has 0 amide bonds. The summed E-state index contributed by atoms with van der Waals surface area (Å²) in [6.45, 7) is 0. The first kappa shape index (κ1) is 17.0. The number of hydrogen-bond acceptors (Lipinski definition) is 3. The van der Waals surface area contributed by atoms with E-state index < -0.39 is 12.0 Å². The van der Waals surface area contributed by atoms with Crippen LogP contribution in [-0.2, 0) is 4.74 Å². The minimum atomic E-state index is -0.786. The Bertz CT molecular complexity index is 1130. The summed E-state index contributed by atoms with van der Waals surface area (Å²) in [4.78, 5) is 26.4. The molecule has 0 spiro atoms. The monoisotopic (exact) mass is 386 g/mol. The first-order chi connectivity index (χ1) is 13.6. The number of rotatable bonds is 3. The Morgan fingerprint density at radius 2 is 1.46 bits per heavy atom. The van der Waals surface area contributed by atoms with Crippen LogP contribution in [-0.4, -0.2) is 17.7 Å². The quantitative estimate of drug-likeness (QED) is 0.573. The maximum absolute atomic E-state index is 13.3. The van der Waals surface area contributed by atoms with Crippen molar-refractivity contribution >= 4 is 28.9 Å². The number of benzene rings is 3. The summed E-state index contributed by atoms with van der Waals surface area (Å²) in [5.74, 6) is -0.163. The lowest BCUT2D eigenvalue weighted by Crippen LogP contribution is -2.29. The van der Waals surface area contributed by atoms with E-state index in [1.165, 1.54) is 0 Å². The molecule has 1 aliphatic heterocycles. The Morgan fingerprint density at radius 1 is 0.821 bits per heavy atom. The summed E-state index contributed by atoms with van der Waals surface area (Å²) in [6.07, 6.45) is -0.786. The van der Waals surface area contributed by atoms with Gasteiger partial charge in [0.2, 0.25) is 5.78 Å². The highest BCUT2D eigenvalue weighted by molar-refractivity contribution is 6.30. The minimum Gasteiger partial charge on any atom is -0.480 e. The molecule has 136 valence electrons. The van der Waals surface area contributed by atoms with Gasteiger partial charge in [0.05, 0.1) is 11.5 Å². The molecule has 0 fully saturated rings. The third-order valence-corrected chi connectivity index (χ3v) is 5.56. The fourth-order valence-corrected chi connectivity index (χ4v) is 4.14. The van der Waals surface area contributed by atoms with Gasteiger partial charge in [-0.1, -0.05) is 78.3 Å². The highest BCUT2D eigenvalue weighted by atomic mass is 35.5. The number of ketones is 2. The summed E-state index contributed by atoms with van der Waals surface area (Å²) in [7, 11) is 0. The second kappa shape index (κ2) is 6.47. The SMILES string of the molecule is O=C1C2=C(O[C@@H](C(=O)c3ccccc3)[C@@H]2c2ccc(Cl)cc2)c2ccccc21. The Hall–Kier alpha value is -3.17. The molecule has 5 rings (SSSR count). The molecule has 3 nitrogen and oxygen atoms in total. The van der Waals surface area contributed by atoms with E-state index in [0.29, 0.717) is 27.5 Å². The van der Waals surface area contributed by atoms with Gasteiger partial charge in [-0.2, -0.15) is 0 Å². The third kappa shape index (κ3) is 2.51. The van der Waals surface area contributed by atoms with Gasteiger partial charge in [-0.3, -0.25) is 9.59 Å². The molecular weight excluding hydrogens is 372 g/mol. The molecule has 0 bridgehead atoms. The van der Waals surface area contributed by atoms with Crippen molar-refractivity contribution in [3.63, 3.8) is 0 Å². The predicted molar refractivity (Wildman–Crippen MR) is 108 cm³/mol. The van der Waals surface area contributed by atoms with E-state index in [0.717, 1.165) is 11.1 Å². The zero-order valence-corrected chi connectivity index (χ0v) is 15.5. The van der Waals surface area contributed by atoms with Crippen LogP contribution in [0.4, 0.5) is 0 Å². The summed E-state index contributed by atoms with van der Waals surface area (Å²) in [5.41, 5.74) is 3.33. The van der Waals surface area contributed by atoms with Gasteiger partial charge in [0.1, 0.15) is 5.76 Å². The molecule has 0 saturated heterocycles. The second-order valence-corrected chi connectivity index (χ2v) is 7.35. The largest absolute Gasteiger partial charge is 0.480 e. The normalized spacial score (nSPS) is 20.0. The molecule has 4 heteroatoms. The van der Waals surface area contributed by atoms with Gasteiger partial charge in [0, 0.05) is 21.7 Å². The third-order valence-electron chi connectivity index (χ3n) is 5.31. The first-order valence-electron chi connectivity index (χ1n) is 9.05. The molecule has 0 saturated carbocycles. The first-order valence-corrected chi connectivity index (χ1v) is 9.42. The fourth-order valence-electron chi connectivity index (χ4n) is 4.01. The van der Waals surface area contributed by atoms with Crippen LogP contribution in [0.1, 0.15) is 37.8 Å². The van der Waals surface area contributed by atoms with Gasteiger partial charge in [-0.25, -0.2) is 0 Å². The van der Waals surface area contributed by atoms with E-state index in [2.05, 4.69) is 0 Å². The van der Waals surface area contributed by atoms with Crippen LogP contribution >= 0.6 is 11.6 Å². The average molecular weight is 387 g/mol. The van der Waals surface area contributed by atoms with Crippen LogP contribution in [0.3, 0.4) is 0 Å². The predicted octanol–water partition coefficient (Wildman–Crippen LogP) is 5.31. The van der Waals surface area contributed by atoms with Crippen LogP contribution in [0.2, 0.25) is 5.02 Å². The van der Waals surface area contributed by atoms with Crippen molar-refractivity contribution in [3.05, 3.63) is 112 Å². The van der Waals surface area contributed by atoms with Gasteiger partial charge in [-0.05, 0) is 17.7 Å². The summed E-state index contributed by atoms with van der Waals surface area (Å²) >= 11 is 6.05. The number of fused-ring (bicyclic) bond motifs is 2. The van der Waals surface area contributed by atoms with Crippen molar-refractivity contribution < 1.29 is 14.3 Å². The van der Waals surface area contributed by atoms with E-state index in [1.807, 2.05) is 48.5 Å². The van der Waals surface area contributed by atoms with E-state index in [9.17, 15) is 9.59 Å². The van der Waals surface area contributed by atoms with Crippen LogP contribution in [0.15, 0.2) is 84.4 Å². The highest BCUT2D eigenvalue weighted by Crippen LogP contribution is 2.50. The molecule has 0 aromatic heterocycles. The lowest BCUT2D eigenvalue weighted by Gasteiger charge is -2.22. The number of halogens is 1. The van der Waals surface area contributed by atoms with E-state index in [4.69, 9.17) is 16.3 Å². The number of carbonyl (C=O) groups is 2. The molecule has 0 unspecified atom stereocenters. The maximum Gasteiger partial charge on any atom is 0.204 e. The fraction of sp³-hybridized carbons (Fsp3) is 0.0833. The van der Waals surface area contributed by atoms with Crippen LogP contribution < -0.4 is 0 Å². The molecule has 3 aromatic rings. The van der Waals surface area contributed by atoms with E-state index in [-0.39, 0.29) is 11.6 Å². The van der Waals surface area contributed by atoms with Gasteiger partial charge in [0.25, 0.3) is 0 Å². The zero-order chi connectivity index (χ0) is 19.3. The van der Waals surface area contributed by atoms with Crippen molar-refractivity contribution in [1.29, 1.82) is 0 Å². The van der Waals surface area contributed by atoms with Crippen molar-refractivity contribution in [2.75, 3.05) is 0 Å². The van der Waals surface area contributed by atoms with Gasteiger partial charge in [0.15, 0.2) is 11.9 Å². The highest BCUT2D eigenvalue weighted by Gasteiger charge is 2.49. The van der Waals surface area contributed by atoms with Crippen molar-refractivity contribution in [3.8, 4) is 0 Å². The summed E-state index contributed by atoms with van der Waals surface area (Å²) < 4.78 is 6.17. The summed E-state index contributed by atoms with van der Waals surface area (Å²) in [6, 6.07) is 23.7. The molecule has 1 aliphatic carbocycles. The average Bonchev–Trinajstić information content (AvgIpc) is 3.25. The number of hydrogen-bond donors (Lipinski definition) is 0. The standard InChI is InChI=1S/C24H15ClO3/c25-16-12-10-14(11-13-16)19-20-22(27)17-8-4-5-9-18(17)23(20)28-24(19)21(26)15-6-2-1-3-7-15/h1-13,19,24H/t19-,24-/m1/s1. The molecule has 1 heterocycles. The lowest BCUT2D eigenvalue weighted by molar-refractivity contribution is 0.0750. The van der Waals surface area contributed by atoms with E-state index >= 15 is 0 Å². The number of Topliss-reactive ketones (excluding diaryl/α,β-unsaturated/α-hetero) is 2. The molecular formula is C24H15ClO3. The second-order valence-electron chi connectivity index (χ2n) is 6.92. The molecule has 3 aromatic carbocycles. The number of carbonyl (C=O) groups excluding carboxylic acids is 2. The molecule has 0 N–H and O–H groups in total. The van der Waals surface area contributed by atoms with Gasteiger partial charge in [-0.15, -0.1) is 0 Å². The molecule has 0 radical (unpaired) electrons.